The molecule has 1 saturated heterocycles. The molecule has 1 aliphatic heterocycles. The van der Waals surface area contributed by atoms with Crippen molar-refractivity contribution in [3.63, 3.8) is 0 Å². The standard InChI is InChI=1S/C13H22N2O/c1-10(2)7-11-8-14-9-12(15(11)3)13-5-4-6-16-13/h4-6,10-12,14H,7-9H2,1-3H3/t11-,12?/m1/s1. The topological polar surface area (TPSA) is 28.4 Å². The smallest absolute Gasteiger partial charge is 0.122 e. The van der Waals surface area contributed by atoms with Gasteiger partial charge in [0.25, 0.3) is 0 Å². The number of furan rings is 1. The molecule has 0 aromatic carbocycles. The van der Waals surface area contributed by atoms with Gasteiger partial charge < -0.3 is 9.73 Å². The highest BCUT2D eigenvalue weighted by Crippen LogP contribution is 2.26. The van der Waals surface area contributed by atoms with Crippen LogP contribution in [0.1, 0.15) is 32.1 Å². The van der Waals surface area contributed by atoms with Crippen LogP contribution in [-0.4, -0.2) is 31.1 Å². The van der Waals surface area contributed by atoms with Gasteiger partial charge in [-0.2, -0.15) is 0 Å². The molecule has 2 atom stereocenters. The zero-order chi connectivity index (χ0) is 11.5. The number of hydrogen-bond acceptors (Lipinski definition) is 3. The summed E-state index contributed by atoms with van der Waals surface area (Å²) in [6.07, 6.45) is 3.00. The first-order valence-electron chi connectivity index (χ1n) is 6.14. The lowest BCUT2D eigenvalue weighted by Crippen LogP contribution is -2.51. The quantitative estimate of drug-likeness (QED) is 0.850. The highest BCUT2D eigenvalue weighted by atomic mass is 16.3. The molecule has 0 spiro atoms. The molecule has 0 amide bonds. The molecule has 0 radical (unpaired) electrons. The molecule has 0 saturated carbocycles. The van der Waals surface area contributed by atoms with Crippen molar-refractivity contribution >= 4 is 0 Å². The van der Waals surface area contributed by atoms with E-state index in [-0.39, 0.29) is 0 Å². The minimum Gasteiger partial charge on any atom is -0.468 e. The van der Waals surface area contributed by atoms with E-state index in [1.165, 1.54) is 6.42 Å². The summed E-state index contributed by atoms with van der Waals surface area (Å²) in [4.78, 5) is 2.45. The Kier molecular flexibility index (Phi) is 3.66. The zero-order valence-corrected chi connectivity index (χ0v) is 10.4. The number of nitrogens with zero attached hydrogens (tertiary/aromatic N) is 1. The lowest BCUT2D eigenvalue weighted by Gasteiger charge is -2.39. The molecule has 0 aliphatic carbocycles. The molecule has 2 heterocycles. The van der Waals surface area contributed by atoms with Crippen LogP contribution < -0.4 is 5.32 Å². The Hall–Kier alpha value is -0.800. The lowest BCUT2D eigenvalue weighted by molar-refractivity contribution is 0.0996. The second kappa shape index (κ2) is 5.02. The molecule has 1 fully saturated rings. The summed E-state index contributed by atoms with van der Waals surface area (Å²) < 4.78 is 5.52. The van der Waals surface area contributed by atoms with Gasteiger partial charge >= 0.3 is 0 Å². The molecule has 1 N–H and O–H groups in total. The number of piperazine rings is 1. The predicted octanol–water partition coefficient (Wildman–Crippen LogP) is 2.27. The second-order valence-corrected chi connectivity index (χ2v) is 5.14. The Morgan fingerprint density at radius 2 is 2.31 bits per heavy atom. The Bertz CT molecular complexity index is 308. The van der Waals surface area contributed by atoms with Crippen LogP contribution in [-0.2, 0) is 0 Å². The molecule has 2 rings (SSSR count). The van der Waals surface area contributed by atoms with Crippen molar-refractivity contribution in [3.05, 3.63) is 24.2 Å². The van der Waals surface area contributed by atoms with Crippen LogP contribution in [0.3, 0.4) is 0 Å². The van der Waals surface area contributed by atoms with Crippen LogP contribution in [0.15, 0.2) is 22.8 Å². The van der Waals surface area contributed by atoms with E-state index in [2.05, 4.69) is 37.2 Å². The van der Waals surface area contributed by atoms with Crippen molar-refractivity contribution in [2.75, 3.05) is 20.1 Å². The number of likely N-dealkylation sites (N-methyl/N-ethyl adjacent to an activating group) is 1. The largest absolute Gasteiger partial charge is 0.468 e. The SMILES string of the molecule is CC(C)C[C@@H]1CNCC(c2ccco2)N1C. The van der Waals surface area contributed by atoms with Crippen LogP contribution in [0.4, 0.5) is 0 Å². The summed E-state index contributed by atoms with van der Waals surface area (Å²) in [5.74, 6) is 1.81. The molecule has 0 bridgehead atoms. The molecule has 16 heavy (non-hydrogen) atoms. The van der Waals surface area contributed by atoms with E-state index in [1.807, 2.05) is 6.07 Å². The first-order chi connectivity index (χ1) is 7.68. The Morgan fingerprint density at radius 1 is 1.50 bits per heavy atom. The van der Waals surface area contributed by atoms with E-state index in [0.717, 1.165) is 24.8 Å². The summed E-state index contributed by atoms with van der Waals surface area (Å²) in [6.45, 7) is 6.64. The first kappa shape index (κ1) is 11.7. The molecule has 90 valence electrons. The number of nitrogens with one attached hydrogen (secondary N) is 1. The predicted molar refractivity (Wildman–Crippen MR) is 65.3 cm³/mol. The lowest BCUT2D eigenvalue weighted by atomic mass is 9.98. The summed E-state index contributed by atoms with van der Waals surface area (Å²) in [6, 6.07) is 5.03. The number of hydrogen-bond donors (Lipinski definition) is 1. The summed E-state index contributed by atoms with van der Waals surface area (Å²) in [5.41, 5.74) is 0. The van der Waals surface area contributed by atoms with Crippen molar-refractivity contribution in [2.24, 2.45) is 5.92 Å². The molecule has 1 unspecified atom stereocenters. The maximum atomic E-state index is 5.52. The van der Waals surface area contributed by atoms with Crippen molar-refractivity contribution in [1.82, 2.24) is 10.2 Å². The molecular weight excluding hydrogens is 200 g/mol. The minimum atomic E-state index is 0.382. The Morgan fingerprint density at radius 3 is 2.94 bits per heavy atom. The molecule has 1 aromatic heterocycles. The average Bonchev–Trinajstić information content (AvgIpc) is 2.73. The van der Waals surface area contributed by atoms with Crippen LogP contribution in [0, 0.1) is 5.92 Å². The van der Waals surface area contributed by atoms with Crippen molar-refractivity contribution < 1.29 is 4.42 Å². The van der Waals surface area contributed by atoms with Gasteiger partial charge in [-0.15, -0.1) is 0 Å². The van der Waals surface area contributed by atoms with Crippen molar-refractivity contribution in [3.8, 4) is 0 Å². The van der Waals surface area contributed by atoms with Crippen LogP contribution in [0.5, 0.6) is 0 Å². The highest BCUT2D eigenvalue weighted by Gasteiger charge is 2.30. The van der Waals surface area contributed by atoms with Crippen molar-refractivity contribution in [2.45, 2.75) is 32.4 Å². The number of rotatable bonds is 3. The fraction of sp³-hybridized carbons (Fsp3) is 0.692. The Labute approximate surface area is 97.8 Å². The first-order valence-corrected chi connectivity index (χ1v) is 6.14. The van der Waals surface area contributed by atoms with Gasteiger partial charge in [0.15, 0.2) is 0 Å². The van der Waals surface area contributed by atoms with E-state index in [0.29, 0.717) is 12.1 Å². The van der Waals surface area contributed by atoms with Gasteiger partial charge in [-0.25, -0.2) is 0 Å². The molecule has 1 aromatic rings. The third-order valence-electron chi connectivity index (χ3n) is 3.40. The van der Waals surface area contributed by atoms with Crippen LogP contribution in [0.25, 0.3) is 0 Å². The highest BCUT2D eigenvalue weighted by molar-refractivity contribution is 5.07. The van der Waals surface area contributed by atoms with E-state index >= 15 is 0 Å². The summed E-state index contributed by atoms with van der Waals surface area (Å²) >= 11 is 0. The van der Waals surface area contributed by atoms with Crippen molar-refractivity contribution in [1.29, 1.82) is 0 Å². The maximum Gasteiger partial charge on any atom is 0.122 e. The van der Waals surface area contributed by atoms with Gasteiger partial charge in [0.1, 0.15) is 5.76 Å². The van der Waals surface area contributed by atoms with E-state index < -0.39 is 0 Å². The summed E-state index contributed by atoms with van der Waals surface area (Å²) in [7, 11) is 2.21. The van der Waals surface area contributed by atoms with Gasteiger partial charge in [-0.1, -0.05) is 13.8 Å². The zero-order valence-electron chi connectivity index (χ0n) is 10.4. The summed E-state index contributed by atoms with van der Waals surface area (Å²) in [5, 5.41) is 3.51. The van der Waals surface area contributed by atoms with Gasteiger partial charge in [-0.05, 0) is 31.5 Å². The third-order valence-corrected chi connectivity index (χ3v) is 3.40. The monoisotopic (exact) mass is 222 g/mol. The molecule has 1 aliphatic rings. The normalized spacial score (nSPS) is 27.5. The second-order valence-electron chi connectivity index (χ2n) is 5.14. The van der Waals surface area contributed by atoms with Crippen LogP contribution in [0.2, 0.25) is 0 Å². The molecule has 3 heteroatoms. The van der Waals surface area contributed by atoms with Gasteiger partial charge in [0.2, 0.25) is 0 Å². The Balaban J connectivity index is 2.05. The maximum absolute atomic E-state index is 5.52. The van der Waals surface area contributed by atoms with E-state index in [9.17, 15) is 0 Å². The van der Waals surface area contributed by atoms with E-state index in [4.69, 9.17) is 4.42 Å². The molecule has 3 nitrogen and oxygen atoms in total. The molecular formula is C13H22N2O. The van der Waals surface area contributed by atoms with Gasteiger partial charge in [-0.3, -0.25) is 4.90 Å². The fourth-order valence-corrected chi connectivity index (χ4v) is 2.51. The third kappa shape index (κ3) is 2.47. The van der Waals surface area contributed by atoms with Gasteiger partial charge in [0.05, 0.1) is 12.3 Å². The fourth-order valence-electron chi connectivity index (χ4n) is 2.51. The van der Waals surface area contributed by atoms with Crippen LogP contribution >= 0.6 is 0 Å². The van der Waals surface area contributed by atoms with Gasteiger partial charge in [0, 0.05) is 19.1 Å². The average molecular weight is 222 g/mol. The van der Waals surface area contributed by atoms with E-state index in [1.54, 1.807) is 6.26 Å². The minimum absolute atomic E-state index is 0.382.